The SMILES string of the molecule is N[C@@H](CCS)C(=O)O.N[C@@H](CCS)C(=O)O.O=S=O. The smallest absolute Gasteiger partial charge is 0.335 e. The number of rotatable bonds is 6. The van der Waals surface area contributed by atoms with E-state index in [1.165, 1.54) is 0 Å². The van der Waals surface area contributed by atoms with Crippen molar-refractivity contribution in [3.63, 3.8) is 0 Å². The molecule has 114 valence electrons. The van der Waals surface area contributed by atoms with Gasteiger partial charge in [-0.15, -0.1) is 0 Å². The maximum absolute atomic E-state index is 9.93. The van der Waals surface area contributed by atoms with E-state index in [4.69, 9.17) is 30.1 Å². The molecule has 19 heavy (non-hydrogen) atoms. The van der Waals surface area contributed by atoms with Crippen LogP contribution in [-0.4, -0.2) is 54.2 Å². The molecule has 11 heteroatoms. The Balaban J connectivity index is -0.000000224. The van der Waals surface area contributed by atoms with Crippen LogP contribution in [0.25, 0.3) is 0 Å². The van der Waals surface area contributed by atoms with Gasteiger partial charge in [-0.1, -0.05) is 0 Å². The molecule has 0 rings (SSSR count). The molecule has 2 atom stereocenters. The third kappa shape index (κ3) is 23.0. The minimum absolute atomic E-state index is 0.429. The molecule has 0 bridgehead atoms. The molecule has 0 aliphatic rings. The van der Waals surface area contributed by atoms with Gasteiger partial charge in [0.15, 0.2) is 0 Å². The fraction of sp³-hybridized carbons (Fsp3) is 0.750. The molecule has 0 heterocycles. The predicted octanol–water partition coefficient (Wildman–Crippen LogP) is -1.23. The van der Waals surface area contributed by atoms with Crippen LogP contribution < -0.4 is 11.5 Å². The van der Waals surface area contributed by atoms with Gasteiger partial charge in [0.2, 0.25) is 0 Å². The van der Waals surface area contributed by atoms with Crippen LogP contribution in [0.2, 0.25) is 0 Å². The van der Waals surface area contributed by atoms with Crippen LogP contribution in [0, 0.1) is 0 Å². The number of nitrogens with two attached hydrogens (primary N) is 2. The van der Waals surface area contributed by atoms with Crippen molar-refractivity contribution in [2.75, 3.05) is 11.5 Å². The second-order valence-electron chi connectivity index (χ2n) is 2.98. The Bertz CT molecular complexity index is 264. The molecule has 0 radical (unpaired) electrons. The average Bonchev–Trinajstić information content (AvgIpc) is 2.31. The largest absolute Gasteiger partial charge is 0.480 e. The number of carboxylic acid groups (broad SMARTS) is 2. The van der Waals surface area contributed by atoms with Gasteiger partial charge in [-0.05, 0) is 24.3 Å². The number of carbonyl (C=O) groups is 2. The minimum Gasteiger partial charge on any atom is -0.480 e. The van der Waals surface area contributed by atoms with Crippen molar-refractivity contribution in [2.45, 2.75) is 24.9 Å². The summed E-state index contributed by atoms with van der Waals surface area (Å²) in [5, 5.41) is 16.3. The summed E-state index contributed by atoms with van der Waals surface area (Å²) >= 11 is 6.87. The van der Waals surface area contributed by atoms with E-state index in [0.717, 1.165) is 0 Å². The molecule has 0 aromatic rings. The number of aliphatic carboxylic acids is 2. The fourth-order valence-corrected chi connectivity index (χ4v) is 1.08. The van der Waals surface area contributed by atoms with Crippen LogP contribution in [0.1, 0.15) is 12.8 Å². The van der Waals surface area contributed by atoms with Crippen LogP contribution in [0.3, 0.4) is 0 Å². The summed E-state index contributed by atoms with van der Waals surface area (Å²) < 4.78 is 16.6. The zero-order valence-electron chi connectivity index (χ0n) is 9.97. The Morgan fingerprint density at radius 3 is 1.21 bits per heavy atom. The Morgan fingerprint density at radius 1 is 0.947 bits per heavy atom. The van der Waals surface area contributed by atoms with Crippen molar-refractivity contribution in [1.82, 2.24) is 0 Å². The second kappa shape index (κ2) is 17.4. The van der Waals surface area contributed by atoms with E-state index in [0.29, 0.717) is 24.3 Å². The van der Waals surface area contributed by atoms with E-state index in [9.17, 15) is 9.59 Å². The Morgan fingerprint density at radius 2 is 1.16 bits per heavy atom. The second-order valence-corrected chi connectivity index (χ2v) is 4.01. The Labute approximate surface area is 125 Å². The van der Waals surface area contributed by atoms with Crippen molar-refractivity contribution < 1.29 is 28.2 Å². The molecule has 0 fully saturated rings. The Hall–Kier alpha value is -0.620. The molecular formula is C8H18N2O6S3. The summed E-state index contributed by atoms with van der Waals surface area (Å²) in [6.45, 7) is 0. The number of thiol groups is 2. The molecule has 0 saturated carbocycles. The van der Waals surface area contributed by atoms with Crippen LogP contribution in [0.5, 0.6) is 0 Å². The molecular weight excluding hydrogens is 316 g/mol. The number of carboxylic acids is 2. The van der Waals surface area contributed by atoms with Gasteiger partial charge in [0.25, 0.3) is 0 Å². The minimum atomic E-state index is -0.959. The molecule has 6 N–H and O–H groups in total. The molecule has 0 aromatic carbocycles. The van der Waals surface area contributed by atoms with Crippen molar-refractivity contribution in [3.05, 3.63) is 0 Å². The summed E-state index contributed by atoms with van der Waals surface area (Å²) in [7, 11) is 0. The third-order valence-electron chi connectivity index (χ3n) is 1.51. The van der Waals surface area contributed by atoms with Gasteiger partial charge < -0.3 is 21.7 Å². The van der Waals surface area contributed by atoms with Gasteiger partial charge in [-0.3, -0.25) is 9.59 Å². The fourth-order valence-electron chi connectivity index (χ4n) is 0.525. The summed E-state index contributed by atoms with van der Waals surface area (Å²) in [5.74, 6) is -0.876. The monoisotopic (exact) mass is 334 g/mol. The number of hydrogen-bond acceptors (Lipinski definition) is 8. The normalized spacial score (nSPS) is 11.8. The highest BCUT2D eigenvalue weighted by Gasteiger charge is 2.08. The first-order valence-corrected chi connectivity index (χ1v) is 6.81. The zero-order valence-corrected chi connectivity index (χ0v) is 12.6. The van der Waals surface area contributed by atoms with E-state index >= 15 is 0 Å². The van der Waals surface area contributed by atoms with Crippen molar-refractivity contribution in [1.29, 1.82) is 0 Å². The number of hydrogen-bond donors (Lipinski definition) is 6. The van der Waals surface area contributed by atoms with E-state index < -0.39 is 35.6 Å². The maximum atomic E-state index is 9.93. The molecule has 8 nitrogen and oxygen atoms in total. The summed E-state index contributed by atoms with van der Waals surface area (Å²) in [6.07, 6.45) is 0.858. The first kappa shape index (κ1) is 23.5. The zero-order chi connectivity index (χ0) is 15.8. The standard InChI is InChI=1S/2C4H9NO2S.O2S/c2*5-3(1-2-8)4(6)7;1-3-2/h2*3,8H,1-2,5H2,(H,6,7);/t2*3-;/m00./s1. The maximum Gasteiger partial charge on any atom is 0.335 e. The van der Waals surface area contributed by atoms with Gasteiger partial charge in [0, 0.05) is 0 Å². The lowest BCUT2D eigenvalue weighted by Gasteiger charge is -2.00. The molecule has 0 spiro atoms. The first-order chi connectivity index (χ1) is 8.78. The summed E-state index contributed by atoms with van der Waals surface area (Å²) in [4.78, 5) is 19.9. The van der Waals surface area contributed by atoms with Gasteiger partial charge in [0.05, 0.1) is 0 Å². The molecule has 0 aliphatic carbocycles. The van der Waals surface area contributed by atoms with Gasteiger partial charge in [-0.25, -0.2) is 0 Å². The topological polar surface area (TPSA) is 161 Å². The molecule has 0 amide bonds. The molecule has 0 aromatic heterocycles. The van der Waals surface area contributed by atoms with Crippen LogP contribution in [0.4, 0.5) is 0 Å². The molecule has 0 unspecified atom stereocenters. The van der Waals surface area contributed by atoms with E-state index in [1.54, 1.807) is 0 Å². The average molecular weight is 334 g/mol. The van der Waals surface area contributed by atoms with E-state index in [1.807, 2.05) is 0 Å². The van der Waals surface area contributed by atoms with Crippen molar-refractivity contribution in [2.24, 2.45) is 11.5 Å². The van der Waals surface area contributed by atoms with Crippen molar-refractivity contribution >= 4 is 48.8 Å². The molecule has 0 saturated heterocycles. The van der Waals surface area contributed by atoms with Gasteiger partial charge >= 0.3 is 23.5 Å². The first-order valence-electron chi connectivity index (χ1n) is 4.88. The lowest BCUT2D eigenvalue weighted by Crippen LogP contribution is -2.30. The van der Waals surface area contributed by atoms with Crippen LogP contribution >= 0.6 is 25.3 Å². The van der Waals surface area contributed by atoms with Gasteiger partial charge in [-0.2, -0.15) is 33.7 Å². The van der Waals surface area contributed by atoms with E-state index in [2.05, 4.69) is 25.3 Å². The highest BCUT2D eigenvalue weighted by Crippen LogP contribution is 1.89. The molecule has 0 aliphatic heterocycles. The highest BCUT2D eigenvalue weighted by atomic mass is 32.1. The predicted molar refractivity (Wildman–Crippen MR) is 77.1 cm³/mol. The third-order valence-corrected chi connectivity index (χ3v) is 2.03. The highest BCUT2D eigenvalue weighted by molar-refractivity contribution is 7.80. The summed E-state index contributed by atoms with van der Waals surface area (Å²) in [5.41, 5.74) is 10.2. The quantitative estimate of drug-likeness (QED) is 0.329. The Kier molecular flexibility index (Phi) is 21.5. The van der Waals surface area contributed by atoms with E-state index in [-0.39, 0.29) is 0 Å². The van der Waals surface area contributed by atoms with Gasteiger partial charge in [0.1, 0.15) is 12.1 Å². The van der Waals surface area contributed by atoms with Crippen LogP contribution in [0.15, 0.2) is 0 Å². The summed E-state index contributed by atoms with van der Waals surface area (Å²) in [6, 6.07) is -1.49. The lowest BCUT2D eigenvalue weighted by molar-refractivity contribution is -0.139. The van der Waals surface area contributed by atoms with Crippen molar-refractivity contribution in [3.8, 4) is 0 Å². The van der Waals surface area contributed by atoms with Crippen LogP contribution in [-0.2, 0) is 21.2 Å². The lowest BCUT2D eigenvalue weighted by atomic mass is 10.2.